The summed E-state index contributed by atoms with van der Waals surface area (Å²) in [5.74, 6) is -0.974. The summed E-state index contributed by atoms with van der Waals surface area (Å²) in [7, 11) is 0. The van der Waals surface area contributed by atoms with E-state index >= 15 is 0 Å². The van der Waals surface area contributed by atoms with Crippen molar-refractivity contribution in [1.29, 1.82) is 5.26 Å². The van der Waals surface area contributed by atoms with Crippen LogP contribution in [0.3, 0.4) is 0 Å². The Bertz CT molecular complexity index is 578. The molecule has 1 heterocycles. The van der Waals surface area contributed by atoms with Crippen molar-refractivity contribution in [2.45, 2.75) is 25.9 Å². The molecule has 0 bridgehead atoms. The van der Waals surface area contributed by atoms with Crippen molar-refractivity contribution < 1.29 is 31.5 Å². The van der Waals surface area contributed by atoms with Crippen LogP contribution in [-0.2, 0) is 22.1 Å². The maximum absolute atomic E-state index is 12.8. The van der Waals surface area contributed by atoms with E-state index in [1.165, 1.54) is 13.0 Å². The molecule has 0 fully saturated rings. The molecule has 9 heteroatoms. The molecule has 0 radical (unpaired) electrons. The quantitative estimate of drug-likeness (QED) is 0.633. The zero-order valence-electron chi connectivity index (χ0n) is 10.7. The molecule has 0 aliphatic carbocycles. The molecule has 0 atom stereocenters. The fourth-order valence-corrected chi connectivity index (χ4v) is 1.57. The first kappa shape index (κ1) is 16.8. The molecule has 0 amide bonds. The summed E-state index contributed by atoms with van der Waals surface area (Å²) >= 11 is 0. The molecule has 1 aromatic rings. The molecule has 114 valence electrons. The number of carbonyl (C=O) groups is 1. The van der Waals surface area contributed by atoms with Crippen LogP contribution in [0, 0.1) is 11.3 Å². The van der Waals surface area contributed by atoms with Crippen molar-refractivity contribution in [3.05, 3.63) is 28.6 Å². The Labute approximate surface area is 116 Å². The average molecular weight is 308 g/mol. The molecule has 0 saturated carbocycles. The molecular weight excluding hydrogens is 299 g/mol. The van der Waals surface area contributed by atoms with Crippen molar-refractivity contribution in [1.82, 2.24) is 4.98 Å². The highest BCUT2D eigenvalue weighted by molar-refractivity contribution is 5.73. The van der Waals surface area contributed by atoms with Crippen LogP contribution in [0.5, 0.6) is 0 Å². The van der Waals surface area contributed by atoms with Crippen LogP contribution in [-0.4, -0.2) is 17.6 Å². The molecule has 0 spiro atoms. The van der Waals surface area contributed by atoms with Crippen LogP contribution in [0.1, 0.15) is 35.9 Å². The van der Waals surface area contributed by atoms with Gasteiger partial charge in [0.05, 0.1) is 18.6 Å². The van der Waals surface area contributed by atoms with Crippen LogP contribution >= 0.6 is 0 Å². The molecule has 21 heavy (non-hydrogen) atoms. The van der Waals surface area contributed by atoms with Crippen molar-refractivity contribution in [3.63, 3.8) is 0 Å². The highest BCUT2D eigenvalue weighted by Gasteiger charge is 2.37. The minimum absolute atomic E-state index is 0.0478. The summed E-state index contributed by atoms with van der Waals surface area (Å²) in [6.45, 7) is 1.41. The van der Waals surface area contributed by atoms with Gasteiger partial charge in [-0.15, -0.1) is 0 Å². The summed E-state index contributed by atoms with van der Waals surface area (Å²) in [5.41, 5.74) is -4.28. The van der Waals surface area contributed by atoms with Crippen molar-refractivity contribution in [2.24, 2.45) is 0 Å². The fraction of sp³-hybridized carbons (Fsp3) is 0.417. The fourth-order valence-electron chi connectivity index (χ4n) is 1.57. The predicted molar refractivity (Wildman–Crippen MR) is 59.2 cm³/mol. The SMILES string of the molecule is CCOC(=O)Cc1cc(C#N)c(C(F)F)nc1C(F)(F)F. The lowest BCUT2D eigenvalue weighted by molar-refractivity contribution is -0.144. The molecule has 0 unspecified atom stereocenters. The standard InChI is InChI=1S/C12H9F5N2O2/c1-2-21-8(20)4-6-3-7(5-18)9(11(13)14)19-10(6)12(15,16)17/h3,11H,2,4H2,1H3. The highest BCUT2D eigenvalue weighted by atomic mass is 19.4. The van der Waals surface area contributed by atoms with E-state index in [9.17, 15) is 26.7 Å². The summed E-state index contributed by atoms with van der Waals surface area (Å²) < 4.78 is 68.2. The third-order valence-electron chi connectivity index (χ3n) is 2.37. The summed E-state index contributed by atoms with van der Waals surface area (Å²) in [6.07, 6.45) is -9.18. The normalized spacial score (nSPS) is 11.3. The molecule has 0 aromatic carbocycles. The largest absolute Gasteiger partial charge is 0.466 e. The third kappa shape index (κ3) is 4.11. The number of alkyl halides is 5. The first-order chi connectivity index (χ1) is 9.70. The summed E-state index contributed by atoms with van der Waals surface area (Å²) in [5, 5.41) is 8.70. The monoisotopic (exact) mass is 308 g/mol. The van der Waals surface area contributed by atoms with E-state index in [-0.39, 0.29) is 6.61 Å². The van der Waals surface area contributed by atoms with Gasteiger partial charge >= 0.3 is 12.1 Å². The van der Waals surface area contributed by atoms with Crippen molar-refractivity contribution >= 4 is 5.97 Å². The Hall–Kier alpha value is -2.24. The number of nitrogens with zero attached hydrogens (tertiary/aromatic N) is 2. The van der Waals surface area contributed by atoms with E-state index in [0.29, 0.717) is 6.07 Å². The number of aromatic nitrogens is 1. The van der Waals surface area contributed by atoms with Crippen LogP contribution in [0.15, 0.2) is 6.07 Å². The second-order valence-corrected chi connectivity index (χ2v) is 3.82. The number of hydrogen-bond donors (Lipinski definition) is 0. The van der Waals surface area contributed by atoms with Crippen LogP contribution in [0.2, 0.25) is 0 Å². The first-order valence-corrected chi connectivity index (χ1v) is 5.65. The predicted octanol–water partition coefficient (Wildman–Crippen LogP) is 3.02. The minimum Gasteiger partial charge on any atom is -0.466 e. The first-order valence-electron chi connectivity index (χ1n) is 5.65. The topological polar surface area (TPSA) is 63.0 Å². The Kier molecular flexibility index (Phi) is 5.18. The van der Waals surface area contributed by atoms with Gasteiger partial charge in [0.2, 0.25) is 0 Å². The van der Waals surface area contributed by atoms with Gasteiger partial charge in [-0.05, 0) is 18.6 Å². The minimum atomic E-state index is -5.03. The number of carbonyl (C=O) groups excluding carboxylic acids is 1. The highest BCUT2D eigenvalue weighted by Crippen LogP contribution is 2.34. The third-order valence-corrected chi connectivity index (χ3v) is 2.37. The number of esters is 1. The van der Waals surface area contributed by atoms with E-state index in [1.807, 2.05) is 0 Å². The smallest absolute Gasteiger partial charge is 0.433 e. The van der Waals surface area contributed by atoms with Gasteiger partial charge in [-0.1, -0.05) is 0 Å². The Morgan fingerprint density at radius 2 is 2.10 bits per heavy atom. The lowest BCUT2D eigenvalue weighted by atomic mass is 10.0. The molecule has 0 N–H and O–H groups in total. The van der Waals surface area contributed by atoms with Crippen molar-refractivity contribution in [2.75, 3.05) is 6.61 Å². The molecule has 1 aromatic heterocycles. The van der Waals surface area contributed by atoms with Crippen LogP contribution in [0.25, 0.3) is 0 Å². The second kappa shape index (κ2) is 6.47. The van der Waals surface area contributed by atoms with E-state index < -0.39 is 47.5 Å². The number of ether oxygens (including phenoxy) is 1. The zero-order chi connectivity index (χ0) is 16.2. The van der Waals surface area contributed by atoms with Crippen LogP contribution in [0.4, 0.5) is 22.0 Å². The second-order valence-electron chi connectivity index (χ2n) is 3.82. The van der Waals surface area contributed by atoms with Gasteiger partial charge in [-0.25, -0.2) is 13.8 Å². The maximum Gasteiger partial charge on any atom is 0.433 e. The Balaban J connectivity index is 3.40. The van der Waals surface area contributed by atoms with Gasteiger partial charge in [0.25, 0.3) is 6.43 Å². The molecule has 1 rings (SSSR count). The van der Waals surface area contributed by atoms with Gasteiger partial charge in [-0.2, -0.15) is 18.4 Å². The summed E-state index contributed by atoms with van der Waals surface area (Å²) in [4.78, 5) is 14.1. The van der Waals surface area contributed by atoms with E-state index in [1.54, 1.807) is 0 Å². The zero-order valence-corrected chi connectivity index (χ0v) is 10.7. The Morgan fingerprint density at radius 3 is 2.52 bits per heavy atom. The van der Waals surface area contributed by atoms with Crippen LogP contribution < -0.4 is 0 Å². The average Bonchev–Trinajstić information content (AvgIpc) is 2.36. The van der Waals surface area contributed by atoms with Gasteiger partial charge in [-0.3, -0.25) is 4.79 Å². The number of pyridine rings is 1. The van der Waals surface area contributed by atoms with Gasteiger partial charge in [0.15, 0.2) is 0 Å². The van der Waals surface area contributed by atoms with E-state index in [2.05, 4.69) is 9.72 Å². The number of hydrogen-bond acceptors (Lipinski definition) is 4. The molecule has 0 aliphatic rings. The Morgan fingerprint density at radius 1 is 1.48 bits per heavy atom. The van der Waals surface area contributed by atoms with Gasteiger partial charge in [0, 0.05) is 0 Å². The number of halogens is 5. The van der Waals surface area contributed by atoms with Gasteiger partial charge < -0.3 is 4.74 Å². The lowest BCUT2D eigenvalue weighted by Crippen LogP contribution is -2.18. The summed E-state index contributed by atoms with van der Waals surface area (Å²) in [6, 6.07) is 1.93. The maximum atomic E-state index is 12.8. The van der Waals surface area contributed by atoms with E-state index in [4.69, 9.17) is 5.26 Å². The van der Waals surface area contributed by atoms with Crippen molar-refractivity contribution in [3.8, 4) is 6.07 Å². The number of nitriles is 1. The van der Waals surface area contributed by atoms with Gasteiger partial charge in [0.1, 0.15) is 17.5 Å². The molecule has 0 saturated heterocycles. The molecular formula is C12H9F5N2O2. The lowest BCUT2D eigenvalue weighted by Gasteiger charge is -2.14. The molecule has 0 aliphatic heterocycles. The number of rotatable bonds is 4. The van der Waals surface area contributed by atoms with E-state index in [0.717, 1.165) is 0 Å². The molecule has 4 nitrogen and oxygen atoms in total.